The molecular formula is C21H31N5O. The van der Waals surface area contributed by atoms with E-state index in [1.165, 1.54) is 5.56 Å². The molecule has 0 radical (unpaired) electrons. The molecule has 0 aliphatic carbocycles. The van der Waals surface area contributed by atoms with Gasteiger partial charge in [0.1, 0.15) is 5.75 Å². The highest BCUT2D eigenvalue weighted by atomic mass is 16.5. The Bertz CT molecular complexity index is 685. The molecule has 146 valence electrons. The molecule has 0 fully saturated rings. The van der Waals surface area contributed by atoms with Crippen LogP contribution in [0, 0.1) is 0 Å². The number of nitrogens with one attached hydrogen (secondary N) is 2. The molecule has 0 aliphatic rings. The number of nitrogens with zero attached hydrogens (tertiary/aromatic N) is 3. The number of hydrogen-bond donors (Lipinski definition) is 2. The number of methoxy groups -OCH3 is 1. The third-order valence-electron chi connectivity index (χ3n) is 4.29. The van der Waals surface area contributed by atoms with E-state index in [-0.39, 0.29) is 6.04 Å². The van der Waals surface area contributed by atoms with Gasteiger partial charge in [-0.1, -0.05) is 18.2 Å². The number of ether oxygens (including phenoxy) is 1. The van der Waals surface area contributed by atoms with E-state index in [2.05, 4.69) is 53.7 Å². The fourth-order valence-electron chi connectivity index (χ4n) is 2.77. The predicted octanol–water partition coefficient (Wildman–Crippen LogP) is 2.49. The first-order valence-electron chi connectivity index (χ1n) is 9.36. The van der Waals surface area contributed by atoms with Crippen molar-refractivity contribution in [1.82, 2.24) is 20.5 Å². The highest BCUT2D eigenvalue weighted by Gasteiger charge is 2.14. The minimum absolute atomic E-state index is 0.196. The Morgan fingerprint density at radius 1 is 1.15 bits per heavy atom. The second-order valence-electron chi connectivity index (χ2n) is 6.47. The third-order valence-corrected chi connectivity index (χ3v) is 4.29. The molecule has 1 unspecified atom stereocenters. The summed E-state index contributed by atoms with van der Waals surface area (Å²) in [4.78, 5) is 11.3. The van der Waals surface area contributed by atoms with Crippen LogP contribution < -0.4 is 15.4 Å². The summed E-state index contributed by atoms with van der Waals surface area (Å²) >= 11 is 0. The van der Waals surface area contributed by atoms with Crippen molar-refractivity contribution in [3.63, 3.8) is 0 Å². The smallest absolute Gasteiger partial charge is 0.191 e. The highest BCUT2D eigenvalue weighted by Crippen LogP contribution is 2.21. The number of aromatic nitrogens is 1. The SMILES string of the molecule is CCNC(=NCC(c1ccc(OC)cc1)N(C)C)NCCc1ccccn1. The van der Waals surface area contributed by atoms with E-state index in [1.54, 1.807) is 7.11 Å². The number of rotatable bonds is 9. The van der Waals surface area contributed by atoms with Gasteiger partial charge in [-0.25, -0.2) is 0 Å². The quantitative estimate of drug-likeness (QED) is 0.525. The van der Waals surface area contributed by atoms with Crippen LogP contribution in [0.4, 0.5) is 0 Å². The van der Waals surface area contributed by atoms with Gasteiger partial charge in [-0.2, -0.15) is 0 Å². The molecule has 1 aromatic carbocycles. The van der Waals surface area contributed by atoms with Gasteiger partial charge < -0.3 is 20.3 Å². The number of benzene rings is 1. The molecule has 1 heterocycles. The summed E-state index contributed by atoms with van der Waals surface area (Å²) in [7, 11) is 5.83. The van der Waals surface area contributed by atoms with Gasteiger partial charge in [0.25, 0.3) is 0 Å². The van der Waals surface area contributed by atoms with Gasteiger partial charge in [0.2, 0.25) is 0 Å². The number of aliphatic imine (C=N–C) groups is 1. The number of hydrogen-bond acceptors (Lipinski definition) is 4. The molecule has 0 aliphatic heterocycles. The molecule has 2 aromatic rings. The average molecular weight is 370 g/mol. The Morgan fingerprint density at radius 2 is 1.93 bits per heavy atom. The van der Waals surface area contributed by atoms with Crippen LogP contribution in [-0.4, -0.2) is 56.7 Å². The maximum Gasteiger partial charge on any atom is 0.191 e. The zero-order valence-corrected chi connectivity index (χ0v) is 16.8. The second kappa shape index (κ2) is 11.2. The van der Waals surface area contributed by atoms with Crippen LogP contribution in [-0.2, 0) is 6.42 Å². The number of likely N-dealkylation sites (N-methyl/N-ethyl adjacent to an activating group) is 1. The molecule has 6 heteroatoms. The van der Waals surface area contributed by atoms with Crippen LogP contribution in [0.3, 0.4) is 0 Å². The van der Waals surface area contributed by atoms with Crippen molar-refractivity contribution < 1.29 is 4.74 Å². The fourth-order valence-corrected chi connectivity index (χ4v) is 2.77. The van der Waals surface area contributed by atoms with Gasteiger partial charge in [-0.05, 0) is 50.8 Å². The molecule has 1 aromatic heterocycles. The maximum atomic E-state index is 5.25. The van der Waals surface area contributed by atoms with Crippen LogP contribution in [0.5, 0.6) is 5.75 Å². The summed E-state index contributed by atoms with van der Waals surface area (Å²) in [5.41, 5.74) is 2.29. The topological polar surface area (TPSA) is 61.8 Å². The molecular weight excluding hydrogens is 338 g/mol. The van der Waals surface area contributed by atoms with Crippen LogP contribution in [0.2, 0.25) is 0 Å². The lowest BCUT2D eigenvalue weighted by molar-refractivity contribution is 0.306. The number of guanidine groups is 1. The van der Waals surface area contributed by atoms with Gasteiger partial charge in [0, 0.05) is 31.4 Å². The monoisotopic (exact) mass is 369 g/mol. The molecule has 6 nitrogen and oxygen atoms in total. The highest BCUT2D eigenvalue weighted by molar-refractivity contribution is 5.79. The third kappa shape index (κ3) is 6.90. The van der Waals surface area contributed by atoms with Gasteiger partial charge >= 0.3 is 0 Å². The van der Waals surface area contributed by atoms with Crippen molar-refractivity contribution in [2.24, 2.45) is 4.99 Å². The van der Waals surface area contributed by atoms with E-state index in [4.69, 9.17) is 9.73 Å². The summed E-state index contributed by atoms with van der Waals surface area (Å²) < 4.78 is 5.25. The van der Waals surface area contributed by atoms with Gasteiger partial charge in [0.05, 0.1) is 19.7 Å². The normalized spacial score (nSPS) is 12.7. The summed E-state index contributed by atoms with van der Waals surface area (Å²) in [6, 6.07) is 14.4. The lowest BCUT2D eigenvalue weighted by atomic mass is 10.1. The van der Waals surface area contributed by atoms with Crippen LogP contribution in [0.25, 0.3) is 0 Å². The average Bonchev–Trinajstić information content (AvgIpc) is 2.69. The van der Waals surface area contributed by atoms with Crippen LogP contribution in [0.1, 0.15) is 24.2 Å². The lowest BCUT2D eigenvalue weighted by Crippen LogP contribution is -2.39. The molecule has 0 saturated heterocycles. The van der Waals surface area contributed by atoms with E-state index in [1.807, 2.05) is 36.5 Å². The van der Waals surface area contributed by atoms with E-state index < -0.39 is 0 Å². The van der Waals surface area contributed by atoms with E-state index in [0.717, 1.165) is 36.9 Å². The molecule has 27 heavy (non-hydrogen) atoms. The van der Waals surface area contributed by atoms with Crippen molar-refractivity contribution in [2.75, 3.05) is 40.8 Å². The zero-order valence-electron chi connectivity index (χ0n) is 16.8. The molecule has 0 spiro atoms. The van der Waals surface area contributed by atoms with Gasteiger partial charge in [-0.15, -0.1) is 0 Å². The molecule has 1 atom stereocenters. The van der Waals surface area contributed by atoms with Crippen molar-refractivity contribution >= 4 is 5.96 Å². The van der Waals surface area contributed by atoms with Gasteiger partial charge in [0.15, 0.2) is 5.96 Å². The van der Waals surface area contributed by atoms with Crippen molar-refractivity contribution in [1.29, 1.82) is 0 Å². The minimum atomic E-state index is 0.196. The van der Waals surface area contributed by atoms with E-state index >= 15 is 0 Å². The largest absolute Gasteiger partial charge is 0.497 e. The second-order valence-corrected chi connectivity index (χ2v) is 6.47. The lowest BCUT2D eigenvalue weighted by Gasteiger charge is -2.24. The molecule has 2 rings (SSSR count). The summed E-state index contributed by atoms with van der Waals surface area (Å²) in [6.07, 6.45) is 2.69. The molecule has 2 N–H and O–H groups in total. The Hall–Kier alpha value is -2.60. The standard InChI is InChI=1S/C21H31N5O/c1-5-22-21(24-15-13-18-8-6-7-14-23-18)25-16-20(26(2)3)17-9-11-19(27-4)12-10-17/h6-12,14,20H,5,13,15-16H2,1-4H3,(H2,22,24,25). The Labute approximate surface area is 162 Å². The van der Waals surface area contributed by atoms with Crippen molar-refractivity contribution in [3.8, 4) is 5.75 Å². The first-order chi connectivity index (χ1) is 13.1. The van der Waals surface area contributed by atoms with E-state index in [9.17, 15) is 0 Å². The number of pyridine rings is 1. The fraction of sp³-hybridized carbons (Fsp3) is 0.429. The summed E-state index contributed by atoms with van der Waals surface area (Å²) in [5, 5.41) is 6.71. The van der Waals surface area contributed by atoms with Crippen molar-refractivity contribution in [2.45, 2.75) is 19.4 Å². The van der Waals surface area contributed by atoms with Crippen LogP contribution in [0.15, 0.2) is 53.7 Å². The predicted molar refractivity (Wildman–Crippen MR) is 111 cm³/mol. The minimum Gasteiger partial charge on any atom is -0.497 e. The first-order valence-corrected chi connectivity index (χ1v) is 9.36. The molecule has 0 saturated carbocycles. The molecule has 0 bridgehead atoms. The first kappa shape index (κ1) is 20.7. The Kier molecular flexibility index (Phi) is 8.58. The summed E-state index contributed by atoms with van der Waals surface area (Å²) in [5.74, 6) is 1.69. The van der Waals surface area contributed by atoms with Gasteiger partial charge in [-0.3, -0.25) is 9.98 Å². The van der Waals surface area contributed by atoms with Crippen LogP contribution >= 0.6 is 0 Å². The Morgan fingerprint density at radius 3 is 2.52 bits per heavy atom. The maximum absolute atomic E-state index is 5.25. The van der Waals surface area contributed by atoms with E-state index in [0.29, 0.717) is 6.54 Å². The zero-order chi connectivity index (χ0) is 19.5. The summed E-state index contributed by atoms with van der Waals surface area (Å²) in [6.45, 7) is 4.35. The molecule has 0 amide bonds. The van der Waals surface area contributed by atoms with Crippen molar-refractivity contribution in [3.05, 3.63) is 59.9 Å². The Balaban J connectivity index is 1.98.